The summed E-state index contributed by atoms with van der Waals surface area (Å²) in [4.78, 5) is 11.6. The van der Waals surface area contributed by atoms with Gasteiger partial charge < -0.3 is 15.7 Å². The maximum Gasteiger partial charge on any atom is 0.238 e. The van der Waals surface area contributed by atoms with Crippen LogP contribution in [0.5, 0.6) is 0 Å². The van der Waals surface area contributed by atoms with E-state index in [9.17, 15) is 18.7 Å². The van der Waals surface area contributed by atoms with Gasteiger partial charge in [0.05, 0.1) is 18.3 Å². The highest BCUT2D eigenvalue weighted by Crippen LogP contribution is 2.14. The molecule has 4 nitrogen and oxygen atoms in total. The maximum atomic E-state index is 13.3. The van der Waals surface area contributed by atoms with E-state index in [0.717, 1.165) is 12.1 Å². The highest BCUT2D eigenvalue weighted by molar-refractivity contribution is 5.92. The van der Waals surface area contributed by atoms with Crippen LogP contribution in [0.25, 0.3) is 0 Å². The fourth-order valence-corrected chi connectivity index (χ4v) is 1.24. The Kier molecular flexibility index (Phi) is 4.97. The molecular formula is C13H18F2N2O2. The van der Waals surface area contributed by atoms with Gasteiger partial charge in [0.15, 0.2) is 0 Å². The molecule has 0 aromatic heterocycles. The molecule has 3 N–H and O–H groups in total. The van der Waals surface area contributed by atoms with Crippen LogP contribution in [-0.4, -0.2) is 29.2 Å². The first-order valence-corrected chi connectivity index (χ1v) is 5.90. The van der Waals surface area contributed by atoms with E-state index in [1.807, 2.05) is 0 Å². The number of rotatable bonds is 5. The summed E-state index contributed by atoms with van der Waals surface area (Å²) in [6, 6.07) is 2.91. The summed E-state index contributed by atoms with van der Waals surface area (Å²) in [5.74, 6) is -2.01. The van der Waals surface area contributed by atoms with Gasteiger partial charge in [0.1, 0.15) is 11.6 Å². The molecule has 0 spiro atoms. The normalized spacial score (nSPS) is 13.2. The minimum absolute atomic E-state index is 0.0805. The fraction of sp³-hybridized carbons (Fsp3) is 0.462. The summed E-state index contributed by atoms with van der Waals surface area (Å²) in [6.45, 7) is 4.99. The fourth-order valence-electron chi connectivity index (χ4n) is 1.24. The molecule has 106 valence electrons. The van der Waals surface area contributed by atoms with Crippen molar-refractivity contribution >= 4 is 11.6 Å². The smallest absolute Gasteiger partial charge is 0.238 e. The first-order valence-electron chi connectivity index (χ1n) is 5.90. The second kappa shape index (κ2) is 6.08. The van der Waals surface area contributed by atoms with E-state index in [1.54, 1.807) is 20.8 Å². The Morgan fingerprint density at radius 2 is 2.05 bits per heavy atom. The molecule has 0 aliphatic rings. The number of amides is 1. The number of aliphatic hydroxyl groups is 1. The van der Waals surface area contributed by atoms with E-state index >= 15 is 0 Å². The molecule has 1 aromatic rings. The first kappa shape index (κ1) is 15.5. The van der Waals surface area contributed by atoms with Gasteiger partial charge in [0.25, 0.3) is 0 Å². The topological polar surface area (TPSA) is 61.4 Å². The molecule has 0 heterocycles. The second-order valence-corrected chi connectivity index (χ2v) is 4.92. The van der Waals surface area contributed by atoms with Crippen molar-refractivity contribution in [3.63, 3.8) is 0 Å². The second-order valence-electron chi connectivity index (χ2n) is 4.92. The van der Waals surface area contributed by atoms with Crippen molar-refractivity contribution in [2.75, 3.05) is 11.9 Å². The van der Waals surface area contributed by atoms with Crippen LogP contribution in [0, 0.1) is 11.6 Å². The molecule has 6 heteroatoms. The van der Waals surface area contributed by atoms with Crippen LogP contribution in [0.2, 0.25) is 0 Å². The lowest BCUT2D eigenvalue weighted by Crippen LogP contribution is -2.50. The Hall–Kier alpha value is -1.53. The van der Waals surface area contributed by atoms with Crippen molar-refractivity contribution < 1.29 is 18.7 Å². The summed E-state index contributed by atoms with van der Waals surface area (Å²) in [5, 5.41) is 14.6. The molecule has 19 heavy (non-hydrogen) atoms. The Balaban J connectivity index is 2.57. The van der Waals surface area contributed by atoms with Crippen molar-refractivity contribution in [1.29, 1.82) is 0 Å². The van der Waals surface area contributed by atoms with Crippen LogP contribution in [-0.2, 0) is 4.79 Å². The number of anilines is 1. The van der Waals surface area contributed by atoms with Gasteiger partial charge in [-0.1, -0.05) is 0 Å². The number of hydrogen-bond donors (Lipinski definition) is 3. The highest BCUT2D eigenvalue weighted by atomic mass is 19.1. The molecule has 1 aromatic carbocycles. The SMILES string of the molecule is CC(O)C(C)(C)NCC(=O)Nc1ccc(F)cc1F. The zero-order chi connectivity index (χ0) is 14.6. The van der Waals surface area contributed by atoms with Gasteiger partial charge in [-0.3, -0.25) is 4.79 Å². The van der Waals surface area contributed by atoms with E-state index in [4.69, 9.17) is 0 Å². The average molecular weight is 272 g/mol. The molecule has 1 unspecified atom stereocenters. The average Bonchev–Trinajstić information content (AvgIpc) is 2.30. The Bertz CT molecular complexity index is 462. The monoisotopic (exact) mass is 272 g/mol. The van der Waals surface area contributed by atoms with Crippen LogP contribution in [0.3, 0.4) is 0 Å². The molecule has 0 fully saturated rings. The Morgan fingerprint density at radius 3 is 2.58 bits per heavy atom. The van der Waals surface area contributed by atoms with Crippen LogP contribution in [0.4, 0.5) is 14.5 Å². The number of hydrogen-bond acceptors (Lipinski definition) is 3. The molecule has 1 amide bonds. The van der Waals surface area contributed by atoms with Crippen LogP contribution in [0.1, 0.15) is 20.8 Å². The Morgan fingerprint density at radius 1 is 1.42 bits per heavy atom. The molecule has 0 saturated carbocycles. The first-order chi connectivity index (χ1) is 8.72. The van der Waals surface area contributed by atoms with Crippen molar-refractivity contribution in [3.05, 3.63) is 29.8 Å². The third kappa shape index (κ3) is 4.57. The number of benzene rings is 1. The molecule has 1 atom stereocenters. The van der Waals surface area contributed by atoms with Crippen molar-refractivity contribution in [3.8, 4) is 0 Å². The zero-order valence-electron chi connectivity index (χ0n) is 11.1. The van der Waals surface area contributed by atoms with Gasteiger partial charge in [-0.25, -0.2) is 8.78 Å². The molecule has 1 rings (SSSR count). The number of carbonyl (C=O) groups excluding carboxylic acids is 1. The van der Waals surface area contributed by atoms with Gasteiger partial charge >= 0.3 is 0 Å². The predicted octanol–water partition coefficient (Wildman–Crippen LogP) is 1.65. The molecule has 0 saturated heterocycles. The van der Waals surface area contributed by atoms with Crippen molar-refractivity contribution in [1.82, 2.24) is 5.32 Å². The lowest BCUT2D eigenvalue weighted by atomic mass is 9.99. The zero-order valence-corrected chi connectivity index (χ0v) is 11.1. The van der Waals surface area contributed by atoms with Gasteiger partial charge in [0.2, 0.25) is 5.91 Å². The molecule has 0 radical (unpaired) electrons. The standard InChI is InChI=1S/C13H18F2N2O2/c1-8(18)13(2,3)16-7-12(19)17-11-5-4-9(14)6-10(11)15/h4-6,8,16,18H,7H2,1-3H3,(H,17,19). The van der Waals surface area contributed by atoms with Crippen molar-refractivity contribution in [2.45, 2.75) is 32.4 Å². The minimum Gasteiger partial charge on any atom is -0.392 e. The summed E-state index contributed by atoms with van der Waals surface area (Å²) in [6.07, 6.45) is -0.650. The summed E-state index contributed by atoms with van der Waals surface area (Å²) in [5.41, 5.74) is -0.721. The lowest BCUT2D eigenvalue weighted by Gasteiger charge is -2.29. The van der Waals surface area contributed by atoms with Crippen molar-refractivity contribution in [2.24, 2.45) is 0 Å². The van der Waals surface area contributed by atoms with E-state index in [1.165, 1.54) is 0 Å². The summed E-state index contributed by atoms with van der Waals surface area (Å²) >= 11 is 0. The quantitative estimate of drug-likeness (QED) is 0.764. The maximum absolute atomic E-state index is 13.3. The van der Waals surface area contributed by atoms with E-state index in [0.29, 0.717) is 6.07 Å². The van der Waals surface area contributed by atoms with E-state index in [2.05, 4.69) is 10.6 Å². The van der Waals surface area contributed by atoms with Gasteiger partial charge in [-0.05, 0) is 32.9 Å². The number of halogens is 2. The van der Waals surface area contributed by atoms with E-state index < -0.39 is 29.2 Å². The number of carbonyl (C=O) groups is 1. The van der Waals surface area contributed by atoms with Gasteiger partial charge in [-0.15, -0.1) is 0 Å². The third-order valence-corrected chi connectivity index (χ3v) is 2.95. The van der Waals surface area contributed by atoms with E-state index in [-0.39, 0.29) is 12.2 Å². The lowest BCUT2D eigenvalue weighted by molar-refractivity contribution is -0.115. The van der Waals surface area contributed by atoms with Gasteiger partial charge in [-0.2, -0.15) is 0 Å². The largest absolute Gasteiger partial charge is 0.392 e. The minimum atomic E-state index is -0.830. The molecule has 0 bridgehead atoms. The van der Waals surface area contributed by atoms with Gasteiger partial charge in [0, 0.05) is 11.6 Å². The number of aliphatic hydroxyl groups excluding tert-OH is 1. The Labute approximate surface area is 110 Å². The predicted molar refractivity (Wildman–Crippen MR) is 68.8 cm³/mol. The summed E-state index contributed by atoms with van der Waals surface area (Å²) < 4.78 is 26.0. The number of nitrogens with one attached hydrogen (secondary N) is 2. The molecular weight excluding hydrogens is 254 g/mol. The van der Waals surface area contributed by atoms with Crippen LogP contribution >= 0.6 is 0 Å². The molecule has 0 aliphatic carbocycles. The van der Waals surface area contributed by atoms with Crippen LogP contribution in [0.15, 0.2) is 18.2 Å². The third-order valence-electron chi connectivity index (χ3n) is 2.95. The highest BCUT2D eigenvalue weighted by Gasteiger charge is 2.24. The summed E-state index contributed by atoms with van der Waals surface area (Å²) in [7, 11) is 0. The molecule has 0 aliphatic heterocycles. The van der Waals surface area contributed by atoms with Crippen LogP contribution < -0.4 is 10.6 Å².